The zero-order valence-electron chi connectivity index (χ0n) is 18.3. The predicted molar refractivity (Wildman–Crippen MR) is 136 cm³/mol. The van der Waals surface area contributed by atoms with E-state index >= 15 is 0 Å². The van der Waals surface area contributed by atoms with Crippen molar-refractivity contribution in [3.05, 3.63) is 109 Å². The normalized spacial score (nSPS) is 10.9. The van der Waals surface area contributed by atoms with Crippen molar-refractivity contribution in [2.45, 2.75) is 19.9 Å². The fraction of sp³-hybridized carbons (Fsp3) is 0.154. The van der Waals surface area contributed by atoms with E-state index in [2.05, 4.69) is 26.2 Å². The molecule has 34 heavy (non-hydrogen) atoms. The van der Waals surface area contributed by atoms with E-state index in [1.807, 2.05) is 24.3 Å². The number of hydrogen-bond donors (Lipinski definition) is 1. The number of fused-ring (bicyclic) bond motifs is 1. The molecule has 0 bridgehead atoms. The lowest BCUT2D eigenvalue weighted by Crippen LogP contribution is -2.31. The summed E-state index contributed by atoms with van der Waals surface area (Å²) in [6.07, 6.45) is 2.08. The number of halogens is 2. The molecule has 0 spiro atoms. The van der Waals surface area contributed by atoms with Crippen LogP contribution in [0.4, 0.5) is 0 Å². The van der Waals surface area contributed by atoms with Gasteiger partial charge in [-0.05, 0) is 67.4 Å². The summed E-state index contributed by atoms with van der Waals surface area (Å²) in [5.41, 5.74) is 2.10. The Hall–Kier alpha value is -3.29. The predicted octanol–water partition coefficient (Wildman–Crippen LogP) is 4.71. The number of amides is 1. The van der Waals surface area contributed by atoms with Gasteiger partial charge < -0.3 is 9.88 Å². The number of ketones is 1. The lowest BCUT2D eigenvalue weighted by atomic mass is 10.0. The molecule has 4 rings (SSSR count). The first-order valence-corrected chi connectivity index (χ1v) is 11.8. The van der Waals surface area contributed by atoms with E-state index in [0.717, 1.165) is 10.0 Å². The van der Waals surface area contributed by atoms with E-state index in [0.29, 0.717) is 40.3 Å². The van der Waals surface area contributed by atoms with Gasteiger partial charge in [0.05, 0.1) is 10.9 Å². The summed E-state index contributed by atoms with van der Waals surface area (Å²) in [5, 5.41) is 3.84. The molecule has 1 N–H and O–H groups in total. The minimum atomic E-state index is -0.408. The van der Waals surface area contributed by atoms with Crippen molar-refractivity contribution in [1.29, 1.82) is 0 Å². The molecule has 0 atom stereocenters. The third kappa shape index (κ3) is 5.43. The van der Waals surface area contributed by atoms with Crippen molar-refractivity contribution in [1.82, 2.24) is 14.9 Å². The van der Waals surface area contributed by atoms with E-state index in [4.69, 9.17) is 11.6 Å². The molecule has 0 fully saturated rings. The molecule has 0 radical (unpaired) electrons. The first-order valence-electron chi connectivity index (χ1n) is 10.6. The van der Waals surface area contributed by atoms with Gasteiger partial charge in [-0.15, -0.1) is 0 Å². The Labute approximate surface area is 209 Å². The second kappa shape index (κ2) is 10.3. The Morgan fingerprint density at radius 2 is 1.74 bits per heavy atom. The van der Waals surface area contributed by atoms with Gasteiger partial charge in [-0.1, -0.05) is 39.7 Å². The van der Waals surface area contributed by atoms with Crippen LogP contribution in [-0.4, -0.2) is 27.8 Å². The number of pyridine rings is 2. The van der Waals surface area contributed by atoms with Crippen LogP contribution in [0.15, 0.2) is 76.1 Å². The van der Waals surface area contributed by atoms with Crippen LogP contribution in [0.25, 0.3) is 11.0 Å². The Balaban J connectivity index is 1.60. The Morgan fingerprint density at radius 3 is 2.44 bits per heavy atom. The van der Waals surface area contributed by atoms with Crippen LogP contribution in [0.2, 0.25) is 5.02 Å². The molecule has 2 aromatic heterocycles. The molecule has 8 heteroatoms. The molecule has 0 aliphatic rings. The van der Waals surface area contributed by atoms with E-state index in [1.54, 1.807) is 47.9 Å². The first-order chi connectivity index (χ1) is 16.3. The lowest BCUT2D eigenvalue weighted by Gasteiger charge is -2.13. The number of benzene rings is 2. The van der Waals surface area contributed by atoms with Crippen molar-refractivity contribution < 1.29 is 9.59 Å². The molecule has 2 heterocycles. The highest BCUT2D eigenvalue weighted by atomic mass is 79.9. The fourth-order valence-electron chi connectivity index (χ4n) is 3.61. The average Bonchev–Trinajstić information content (AvgIpc) is 2.82. The topological polar surface area (TPSA) is 81.1 Å². The number of nitrogens with one attached hydrogen (secondary N) is 1. The van der Waals surface area contributed by atoms with E-state index < -0.39 is 11.2 Å². The smallest absolute Gasteiger partial charge is 0.240 e. The highest BCUT2D eigenvalue weighted by molar-refractivity contribution is 9.10. The molecular weight excluding hydrogens is 518 g/mol. The third-order valence-electron chi connectivity index (χ3n) is 5.37. The summed E-state index contributed by atoms with van der Waals surface area (Å²) in [5.74, 6) is -0.652. The van der Waals surface area contributed by atoms with Crippen LogP contribution in [0.1, 0.15) is 27.2 Å². The maximum atomic E-state index is 13.1. The minimum Gasteiger partial charge on any atom is -0.354 e. The fourth-order valence-corrected chi connectivity index (χ4v) is 4.00. The zero-order chi connectivity index (χ0) is 24.2. The number of carbonyl (C=O) groups excluding carboxylic acids is 2. The van der Waals surface area contributed by atoms with Crippen LogP contribution in [-0.2, 0) is 17.8 Å². The SMILES string of the molecule is Cc1ccc2c(=O)c(C(=O)c3ccc(Br)cc3)cn(CC(=O)NCCc3ccc(Cl)cc3)c2n1. The second-order valence-corrected chi connectivity index (χ2v) is 9.24. The first kappa shape index (κ1) is 23.9. The molecule has 4 aromatic rings. The van der Waals surface area contributed by atoms with Crippen LogP contribution in [0, 0.1) is 6.92 Å². The van der Waals surface area contributed by atoms with Crippen LogP contribution < -0.4 is 10.7 Å². The summed E-state index contributed by atoms with van der Waals surface area (Å²) in [4.78, 5) is 43.4. The maximum absolute atomic E-state index is 13.1. The van der Waals surface area contributed by atoms with Gasteiger partial charge in [-0.25, -0.2) is 4.98 Å². The standard InChI is InChI=1S/C26H21BrClN3O3/c1-16-2-11-21-25(34)22(24(33)18-5-7-19(27)8-6-18)14-31(26(21)30-16)15-23(32)29-13-12-17-3-9-20(28)10-4-17/h2-11,14H,12-13,15H2,1H3,(H,29,32). The monoisotopic (exact) mass is 537 g/mol. The molecule has 6 nitrogen and oxygen atoms in total. The summed E-state index contributed by atoms with van der Waals surface area (Å²) >= 11 is 9.26. The molecule has 0 unspecified atom stereocenters. The van der Waals surface area contributed by atoms with Crippen LogP contribution in [0.5, 0.6) is 0 Å². The molecule has 172 valence electrons. The molecule has 0 aliphatic heterocycles. The number of aryl methyl sites for hydroxylation is 1. The molecule has 0 saturated heterocycles. The van der Waals surface area contributed by atoms with Gasteiger partial charge in [0.2, 0.25) is 11.3 Å². The van der Waals surface area contributed by atoms with Crippen LogP contribution >= 0.6 is 27.5 Å². The van der Waals surface area contributed by atoms with Crippen molar-refractivity contribution in [3.8, 4) is 0 Å². The van der Waals surface area contributed by atoms with Crippen molar-refractivity contribution in [3.63, 3.8) is 0 Å². The largest absolute Gasteiger partial charge is 0.354 e. The maximum Gasteiger partial charge on any atom is 0.240 e. The van der Waals surface area contributed by atoms with Gasteiger partial charge in [0.25, 0.3) is 0 Å². The van der Waals surface area contributed by atoms with Crippen molar-refractivity contribution in [2.24, 2.45) is 0 Å². The average molecular weight is 539 g/mol. The van der Waals surface area contributed by atoms with Gasteiger partial charge in [0.1, 0.15) is 12.2 Å². The number of rotatable bonds is 7. The molecular formula is C26H21BrClN3O3. The molecule has 1 amide bonds. The van der Waals surface area contributed by atoms with Gasteiger partial charge in [-0.2, -0.15) is 0 Å². The Bertz CT molecular complexity index is 1430. The summed E-state index contributed by atoms with van der Waals surface area (Å²) < 4.78 is 2.39. The minimum absolute atomic E-state index is 0.00515. The van der Waals surface area contributed by atoms with Gasteiger partial charge in [0, 0.05) is 33.5 Å². The van der Waals surface area contributed by atoms with E-state index in [-0.39, 0.29) is 18.0 Å². The number of hydrogen-bond acceptors (Lipinski definition) is 4. The number of nitrogens with zero attached hydrogens (tertiary/aromatic N) is 2. The van der Waals surface area contributed by atoms with Crippen molar-refractivity contribution >= 4 is 50.3 Å². The van der Waals surface area contributed by atoms with Gasteiger partial charge in [0.15, 0.2) is 5.78 Å². The third-order valence-corrected chi connectivity index (χ3v) is 6.16. The quantitative estimate of drug-likeness (QED) is 0.346. The van der Waals surface area contributed by atoms with Gasteiger partial charge in [-0.3, -0.25) is 14.4 Å². The number of carbonyl (C=O) groups is 2. The van der Waals surface area contributed by atoms with E-state index in [9.17, 15) is 14.4 Å². The highest BCUT2D eigenvalue weighted by Crippen LogP contribution is 2.16. The summed E-state index contributed by atoms with van der Waals surface area (Å²) in [6.45, 7) is 2.17. The highest BCUT2D eigenvalue weighted by Gasteiger charge is 2.19. The lowest BCUT2D eigenvalue weighted by molar-refractivity contribution is -0.121. The molecule has 0 aliphatic carbocycles. The summed E-state index contributed by atoms with van der Waals surface area (Å²) in [7, 11) is 0. The summed E-state index contributed by atoms with van der Waals surface area (Å²) in [6, 6.07) is 17.6. The second-order valence-electron chi connectivity index (χ2n) is 7.89. The van der Waals surface area contributed by atoms with Crippen LogP contribution in [0.3, 0.4) is 0 Å². The number of aromatic nitrogens is 2. The van der Waals surface area contributed by atoms with Gasteiger partial charge >= 0.3 is 0 Å². The Kier molecular flexibility index (Phi) is 7.24. The Morgan fingerprint density at radius 1 is 1.03 bits per heavy atom. The zero-order valence-corrected chi connectivity index (χ0v) is 20.7. The van der Waals surface area contributed by atoms with E-state index in [1.165, 1.54) is 6.20 Å². The molecule has 0 saturated carbocycles. The molecule has 2 aromatic carbocycles. The van der Waals surface area contributed by atoms with Crippen molar-refractivity contribution in [2.75, 3.05) is 6.54 Å².